The molecule has 2 aromatic rings. The van der Waals surface area contributed by atoms with Crippen LogP contribution in [0.25, 0.3) is 16.5 Å². The minimum atomic E-state index is -5.61. The number of Topliss-reactive ketones (excluding diaryl/α,β-unsaturated/α-hetero) is 1. The number of thiophene rings is 1. The Morgan fingerprint density at radius 3 is 1.92 bits per heavy atom. The monoisotopic (exact) mass is 618 g/mol. The van der Waals surface area contributed by atoms with Crippen molar-refractivity contribution in [3.8, 4) is 21.9 Å². The third kappa shape index (κ3) is 6.08. The molecule has 1 aliphatic rings. The number of rotatable bonds is 6. The van der Waals surface area contributed by atoms with Gasteiger partial charge in [-0.2, -0.15) is 13.2 Å². The third-order valence-electron chi connectivity index (χ3n) is 7.92. The first-order valence-electron chi connectivity index (χ1n) is 12.6. The number of sulfone groups is 1. The van der Waals surface area contributed by atoms with Crippen molar-refractivity contribution in [1.82, 2.24) is 0 Å². The lowest BCUT2D eigenvalue weighted by Crippen LogP contribution is -2.45. The summed E-state index contributed by atoms with van der Waals surface area (Å²) in [5.74, 6) is 0.447. The highest BCUT2D eigenvalue weighted by Crippen LogP contribution is 2.49. The van der Waals surface area contributed by atoms with Gasteiger partial charge in [0.15, 0.2) is 11.5 Å². The molecule has 0 N–H and O–H groups in total. The zero-order chi connectivity index (χ0) is 30.0. The molecule has 0 saturated heterocycles. The number of hydrogen-bond acceptors (Lipinski definition) is 6. The van der Waals surface area contributed by atoms with Crippen LogP contribution in [-0.2, 0) is 9.84 Å². The molecule has 0 saturated carbocycles. The maximum atomic E-state index is 13.2. The molecule has 0 amide bonds. The Hall–Kier alpha value is -1.90. The third-order valence-corrected chi connectivity index (χ3v) is 19.3. The SMILES string of the molecule is CC(C)(C)[Si](C)(C)Oc1cccc(-c2cc3c(s2)C=C(S(=O)(=O)C(F)(F)F)CC3=O)c1O[Si](C)(C)C(C)(C)C. The molecule has 0 fully saturated rings. The van der Waals surface area contributed by atoms with Crippen LogP contribution in [0.15, 0.2) is 29.2 Å². The Labute approximate surface area is 235 Å². The van der Waals surface area contributed by atoms with Gasteiger partial charge in [0.05, 0.1) is 4.91 Å². The van der Waals surface area contributed by atoms with E-state index in [0.29, 0.717) is 21.9 Å². The van der Waals surface area contributed by atoms with Gasteiger partial charge in [-0.05, 0) is 60.5 Å². The molecular formula is C27H37F3O5S2Si2. The maximum Gasteiger partial charge on any atom is 0.501 e. The second kappa shape index (κ2) is 9.88. The van der Waals surface area contributed by atoms with E-state index in [1.165, 1.54) is 0 Å². The van der Waals surface area contributed by atoms with Crippen LogP contribution >= 0.6 is 11.3 Å². The summed E-state index contributed by atoms with van der Waals surface area (Å²) in [5.41, 5.74) is -4.63. The summed E-state index contributed by atoms with van der Waals surface area (Å²) in [6, 6.07) is 7.13. The molecule has 5 nitrogen and oxygen atoms in total. The number of alkyl halides is 3. The first-order valence-corrected chi connectivity index (χ1v) is 20.7. The van der Waals surface area contributed by atoms with Gasteiger partial charge in [0.1, 0.15) is 5.75 Å². The molecule has 0 bridgehead atoms. The lowest BCUT2D eigenvalue weighted by molar-refractivity contribution is -0.0426. The number of allylic oxidation sites excluding steroid dienone is 1. The summed E-state index contributed by atoms with van der Waals surface area (Å²) in [5, 5.41) is -0.223. The molecular weight excluding hydrogens is 582 g/mol. The predicted octanol–water partition coefficient (Wildman–Crippen LogP) is 9.04. The van der Waals surface area contributed by atoms with Gasteiger partial charge in [-0.3, -0.25) is 4.79 Å². The highest BCUT2D eigenvalue weighted by molar-refractivity contribution is 7.96. The lowest BCUT2D eigenvalue weighted by atomic mass is 10.0. The predicted molar refractivity (Wildman–Crippen MR) is 157 cm³/mol. The molecule has 0 unspecified atom stereocenters. The molecule has 3 rings (SSSR count). The van der Waals surface area contributed by atoms with Crippen molar-refractivity contribution in [3.05, 3.63) is 39.6 Å². The summed E-state index contributed by atoms with van der Waals surface area (Å²) in [6.45, 7) is 21.2. The van der Waals surface area contributed by atoms with Crippen LogP contribution in [0.5, 0.6) is 11.5 Å². The Balaban J connectivity index is 2.23. The second-order valence-electron chi connectivity index (χ2n) is 12.9. The van der Waals surface area contributed by atoms with Crippen LogP contribution in [0.3, 0.4) is 0 Å². The van der Waals surface area contributed by atoms with Crippen molar-refractivity contribution >= 4 is 49.7 Å². The molecule has 39 heavy (non-hydrogen) atoms. The lowest BCUT2D eigenvalue weighted by Gasteiger charge is -2.40. The van der Waals surface area contributed by atoms with E-state index in [9.17, 15) is 26.4 Å². The van der Waals surface area contributed by atoms with Crippen LogP contribution in [0.4, 0.5) is 13.2 Å². The van der Waals surface area contributed by atoms with Gasteiger partial charge in [0.2, 0.25) is 0 Å². The van der Waals surface area contributed by atoms with Crippen LogP contribution in [0.2, 0.25) is 36.3 Å². The molecule has 0 spiro atoms. The quantitative estimate of drug-likeness (QED) is 0.302. The average molecular weight is 619 g/mol. The van der Waals surface area contributed by atoms with Crippen LogP contribution in [-0.4, -0.2) is 36.3 Å². The normalized spacial score (nSPS) is 15.6. The number of para-hydroxylation sites is 1. The Morgan fingerprint density at radius 1 is 0.872 bits per heavy atom. The van der Waals surface area contributed by atoms with Gasteiger partial charge in [-0.1, -0.05) is 47.6 Å². The number of ketones is 1. The van der Waals surface area contributed by atoms with E-state index in [4.69, 9.17) is 8.85 Å². The Bertz CT molecular complexity index is 1420. The number of benzene rings is 1. The van der Waals surface area contributed by atoms with Crippen LogP contribution in [0, 0.1) is 0 Å². The number of carbonyl (C=O) groups is 1. The topological polar surface area (TPSA) is 69.7 Å². The van der Waals surface area contributed by atoms with E-state index in [2.05, 4.69) is 67.7 Å². The number of hydrogen-bond donors (Lipinski definition) is 0. The number of carbonyl (C=O) groups excluding carboxylic acids is 1. The molecule has 1 aliphatic carbocycles. The summed E-state index contributed by atoms with van der Waals surface area (Å²) in [4.78, 5) is 12.6. The van der Waals surface area contributed by atoms with Gasteiger partial charge in [0.25, 0.3) is 26.5 Å². The first kappa shape index (κ1) is 31.6. The van der Waals surface area contributed by atoms with Crippen molar-refractivity contribution < 1.29 is 35.2 Å². The molecule has 216 valence electrons. The Morgan fingerprint density at radius 2 is 1.41 bits per heavy atom. The van der Waals surface area contributed by atoms with E-state index in [1.807, 2.05) is 18.2 Å². The second-order valence-corrected chi connectivity index (χ2v) is 25.4. The summed E-state index contributed by atoms with van der Waals surface area (Å²) < 4.78 is 77.2. The molecule has 0 aliphatic heterocycles. The first-order chi connectivity index (χ1) is 17.4. The summed E-state index contributed by atoms with van der Waals surface area (Å²) in [6.07, 6.45) is 0.144. The van der Waals surface area contributed by atoms with E-state index in [-0.39, 0.29) is 20.5 Å². The van der Waals surface area contributed by atoms with E-state index in [0.717, 1.165) is 17.4 Å². The van der Waals surface area contributed by atoms with Gasteiger partial charge in [0, 0.05) is 27.3 Å². The maximum absolute atomic E-state index is 13.2. The van der Waals surface area contributed by atoms with Gasteiger partial charge in [-0.15, -0.1) is 11.3 Å². The van der Waals surface area contributed by atoms with Crippen molar-refractivity contribution in [2.24, 2.45) is 0 Å². The molecule has 0 atom stereocenters. The van der Waals surface area contributed by atoms with Gasteiger partial charge in [-0.25, -0.2) is 8.42 Å². The highest BCUT2D eigenvalue weighted by atomic mass is 32.2. The largest absolute Gasteiger partial charge is 0.541 e. The highest BCUT2D eigenvalue weighted by Gasteiger charge is 2.49. The van der Waals surface area contributed by atoms with Crippen molar-refractivity contribution in [1.29, 1.82) is 0 Å². The fourth-order valence-electron chi connectivity index (χ4n) is 3.37. The zero-order valence-corrected chi connectivity index (χ0v) is 27.7. The zero-order valence-electron chi connectivity index (χ0n) is 24.1. The van der Waals surface area contributed by atoms with E-state index >= 15 is 0 Å². The van der Waals surface area contributed by atoms with Crippen LogP contribution < -0.4 is 8.85 Å². The van der Waals surface area contributed by atoms with E-state index in [1.54, 1.807) is 6.07 Å². The van der Waals surface area contributed by atoms with Gasteiger partial charge < -0.3 is 8.85 Å². The summed E-state index contributed by atoms with van der Waals surface area (Å²) >= 11 is 1.06. The van der Waals surface area contributed by atoms with Crippen molar-refractivity contribution in [2.45, 2.75) is 89.7 Å². The smallest absolute Gasteiger partial charge is 0.501 e. The number of fused-ring (bicyclic) bond motifs is 1. The van der Waals surface area contributed by atoms with Crippen LogP contribution in [0.1, 0.15) is 63.2 Å². The van der Waals surface area contributed by atoms with Gasteiger partial charge >= 0.3 is 5.51 Å². The molecule has 0 radical (unpaired) electrons. The molecule has 1 aromatic heterocycles. The number of halogens is 3. The van der Waals surface area contributed by atoms with Crippen molar-refractivity contribution in [2.75, 3.05) is 0 Å². The summed E-state index contributed by atoms with van der Waals surface area (Å²) in [7, 11) is -10.3. The molecule has 1 aromatic carbocycles. The standard InChI is InChI=1S/C27H37F3O5S2Si2/c1-25(2,3)38(7,8)34-21-13-11-12-18(24(21)35-39(9,10)26(4,5)6)23-16-19-20(31)14-17(15-22(19)36-23)37(32,33)27(28,29)30/h11-13,15-16H,14H2,1-10H3. The van der Waals surface area contributed by atoms with Crippen molar-refractivity contribution in [3.63, 3.8) is 0 Å². The fourth-order valence-corrected chi connectivity index (χ4v) is 7.54. The fraction of sp³-hybridized carbons (Fsp3) is 0.519. The minimum Gasteiger partial charge on any atom is -0.541 e. The minimum absolute atomic E-state index is 0.0864. The Kier molecular flexibility index (Phi) is 8.01. The average Bonchev–Trinajstić information content (AvgIpc) is 3.17. The van der Waals surface area contributed by atoms with E-state index < -0.39 is 49.1 Å². The molecule has 1 heterocycles. The molecule has 12 heteroatoms.